The number of hydrogen-bond donors (Lipinski definition) is 2. The molecule has 2 heterocycles. The van der Waals surface area contributed by atoms with Crippen molar-refractivity contribution in [2.75, 3.05) is 5.32 Å². The largest absolute Gasteiger partial charge is 0.433 e. The third kappa shape index (κ3) is 3.02. The number of nitrogens with zero attached hydrogens (tertiary/aromatic N) is 1. The highest BCUT2D eigenvalue weighted by Crippen LogP contribution is 2.27. The summed E-state index contributed by atoms with van der Waals surface area (Å²) in [6.45, 7) is 0. The van der Waals surface area contributed by atoms with E-state index in [-0.39, 0.29) is 11.3 Å². The molecule has 0 atom stereocenters. The van der Waals surface area contributed by atoms with E-state index in [9.17, 15) is 22.8 Å². The van der Waals surface area contributed by atoms with Gasteiger partial charge in [0.1, 0.15) is 11.3 Å². The topological polar surface area (TPSA) is 74.8 Å². The molecule has 2 aromatic heterocycles. The smallest absolute Gasteiger partial charge is 0.367 e. The van der Waals surface area contributed by atoms with Gasteiger partial charge in [0.25, 0.3) is 5.91 Å². The van der Waals surface area contributed by atoms with Gasteiger partial charge in [0.2, 0.25) is 0 Å². The zero-order valence-electron chi connectivity index (χ0n) is 9.86. The van der Waals surface area contributed by atoms with Crippen molar-refractivity contribution in [3.05, 3.63) is 58.3 Å². The Morgan fingerprint density at radius 1 is 1.25 bits per heavy atom. The molecule has 20 heavy (non-hydrogen) atoms. The summed E-state index contributed by atoms with van der Waals surface area (Å²) in [5.41, 5.74) is -1.65. The van der Waals surface area contributed by atoms with E-state index in [4.69, 9.17) is 0 Å². The number of nitrogens with one attached hydrogen (secondary N) is 2. The van der Waals surface area contributed by atoms with E-state index >= 15 is 0 Å². The molecule has 0 unspecified atom stereocenters. The second-order valence-electron chi connectivity index (χ2n) is 3.81. The summed E-state index contributed by atoms with van der Waals surface area (Å²) in [5.74, 6) is -0.728. The Hall–Kier alpha value is -2.64. The number of alkyl halides is 3. The number of rotatable bonds is 2. The van der Waals surface area contributed by atoms with E-state index < -0.39 is 23.2 Å². The highest BCUT2D eigenvalue weighted by atomic mass is 19.4. The maximum atomic E-state index is 12.3. The summed E-state index contributed by atoms with van der Waals surface area (Å²) in [4.78, 5) is 28.9. The lowest BCUT2D eigenvalue weighted by Crippen LogP contribution is -2.21. The summed E-state index contributed by atoms with van der Waals surface area (Å²) in [6, 6.07) is 2.97. The molecule has 104 valence electrons. The first-order chi connectivity index (χ1) is 9.38. The highest BCUT2D eigenvalue weighted by Gasteiger charge is 2.32. The molecule has 0 bridgehead atoms. The summed E-state index contributed by atoms with van der Waals surface area (Å²) in [6.07, 6.45) is -1.11. The molecule has 0 saturated carbocycles. The number of anilines is 1. The van der Waals surface area contributed by atoms with E-state index in [1.165, 1.54) is 18.5 Å². The predicted molar refractivity (Wildman–Crippen MR) is 64.3 cm³/mol. The standard InChI is InChI=1S/C12H8F3N3O2/c13-12(14,15)10-2-1-7(5-17-10)18-11(20)8-6-16-4-3-9(8)19/h1-6H,(H,16,19)(H,18,20). The minimum Gasteiger partial charge on any atom is -0.367 e. The SMILES string of the molecule is O=C(Nc1ccc(C(F)(F)F)nc1)c1c[nH]ccc1=O. The Kier molecular flexibility index (Phi) is 3.55. The van der Waals surface area contributed by atoms with Crippen molar-refractivity contribution in [2.24, 2.45) is 0 Å². The number of carbonyl (C=O) groups is 1. The van der Waals surface area contributed by atoms with Crippen molar-refractivity contribution in [2.45, 2.75) is 6.18 Å². The average Bonchev–Trinajstić information content (AvgIpc) is 2.38. The lowest BCUT2D eigenvalue weighted by molar-refractivity contribution is -0.141. The molecule has 0 saturated heterocycles. The number of H-pyrrole nitrogens is 1. The van der Waals surface area contributed by atoms with E-state index in [1.807, 2.05) is 0 Å². The monoisotopic (exact) mass is 283 g/mol. The zero-order chi connectivity index (χ0) is 14.8. The Bertz CT molecular complexity index is 677. The van der Waals surface area contributed by atoms with Gasteiger partial charge in [-0.05, 0) is 12.1 Å². The fourth-order valence-corrected chi connectivity index (χ4v) is 1.43. The van der Waals surface area contributed by atoms with Crippen molar-refractivity contribution in [1.82, 2.24) is 9.97 Å². The summed E-state index contributed by atoms with van der Waals surface area (Å²) in [5, 5.41) is 2.29. The molecule has 0 aliphatic carbocycles. The van der Waals surface area contributed by atoms with E-state index in [0.29, 0.717) is 0 Å². The van der Waals surface area contributed by atoms with Crippen molar-refractivity contribution >= 4 is 11.6 Å². The molecule has 5 nitrogen and oxygen atoms in total. The van der Waals surface area contributed by atoms with Gasteiger partial charge in [-0.1, -0.05) is 0 Å². The number of hydrogen-bond acceptors (Lipinski definition) is 3. The van der Waals surface area contributed by atoms with Crippen LogP contribution in [0.1, 0.15) is 16.1 Å². The second-order valence-corrected chi connectivity index (χ2v) is 3.81. The summed E-state index contributed by atoms with van der Waals surface area (Å²) < 4.78 is 36.9. The Balaban J connectivity index is 2.17. The van der Waals surface area contributed by atoms with Gasteiger partial charge in [-0.25, -0.2) is 4.98 Å². The normalized spacial score (nSPS) is 11.2. The lowest BCUT2D eigenvalue weighted by atomic mass is 10.2. The molecule has 2 N–H and O–H groups in total. The number of aromatic nitrogens is 2. The minimum atomic E-state index is -4.54. The third-order valence-corrected chi connectivity index (χ3v) is 2.38. The lowest BCUT2D eigenvalue weighted by Gasteiger charge is -2.07. The summed E-state index contributed by atoms with van der Waals surface area (Å²) in [7, 11) is 0. The van der Waals surface area contributed by atoms with Crippen LogP contribution in [0, 0.1) is 0 Å². The molecular formula is C12H8F3N3O2. The first-order valence-electron chi connectivity index (χ1n) is 5.39. The number of amides is 1. The van der Waals surface area contributed by atoms with Crippen LogP contribution in [0.25, 0.3) is 0 Å². The van der Waals surface area contributed by atoms with Crippen LogP contribution in [-0.2, 0) is 6.18 Å². The Morgan fingerprint density at radius 3 is 2.55 bits per heavy atom. The molecule has 0 radical (unpaired) electrons. The number of aromatic amines is 1. The molecular weight excluding hydrogens is 275 g/mol. The molecule has 0 aliphatic heterocycles. The molecule has 8 heteroatoms. The van der Waals surface area contributed by atoms with Gasteiger partial charge < -0.3 is 10.3 Å². The molecule has 1 amide bonds. The molecule has 0 aliphatic rings. The highest BCUT2D eigenvalue weighted by molar-refractivity contribution is 6.03. The van der Waals surface area contributed by atoms with Crippen molar-refractivity contribution in [3.63, 3.8) is 0 Å². The van der Waals surface area contributed by atoms with Gasteiger partial charge >= 0.3 is 6.18 Å². The molecule has 2 rings (SSSR count). The maximum Gasteiger partial charge on any atom is 0.433 e. The maximum absolute atomic E-state index is 12.3. The fourth-order valence-electron chi connectivity index (χ4n) is 1.43. The van der Waals surface area contributed by atoms with Crippen LogP contribution in [0.2, 0.25) is 0 Å². The van der Waals surface area contributed by atoms with Crippen LogP contribution in [0.3, 0.4) is 0 Å². The van der Waals surface area contributed by atoms with Gasteiger partial charge in [-0.15, -0.1) is 0 Å². The van der Waals surface area contributed by atoms with Crippen molar-refractivity contribution in [3.8, 4) is 0 Å². The van der Waals surface area contributed by atoms with Crippen LogP contribution in [0.15, 0.2) is 41.6 Å². The van der Waals surface area contributed by atoms with Gasteiger partial charge in [0, 0.05) is 18.5 Å². The molecule has 0 aromatic carbocycles. The van der Waals surface area contributed by atoms with Crippen LogP contribution >= 0.6 is 0 Å². The van der Waals surface area contributed by atoms with Gasteiger partial charge in [-0.2, -0.15) is 13.2 Å². The van der Waals surface area contributed by atoms with Crippen LogP contribution < -0.4 is 10.7 Å². The number of halogens is 3. The Morgan fingerprint density at radius 2 is 2.00 bits per heavy atom. The quantitative estimate of drug-likeness (QED) is 0.885. The average molecular weight is 283 g/mol. The summed E-state index contributed by atoms with van der Waals surface area (Å²) >= 11 is 0. The number of carbonyl (C=O) groups excluding carboxylic acids is 1. The van der Waals surface area contributed by atoms with Crippen LogP contribution in [0.5, 0.6) is 0 Å². The van der Waals surface area contributed by atoms with Gasteiger partial charge in [-0.3, -0.25) is 9.59 Å². The van der Waals surface area contributed by atoms with Crippen molar-refractivity contribution < 1.29 is 18.0 Å². The molecule has 2 aromatic rings. The second kappa shape index (κ2) is 5.16. The van der Waals surface area contributed by atoms with Gasteiger partial charge in [0.05, 0.1) is 11.9 Å². The fraction of sp³-hybridized carbons (Fsp3) is 0.0833. The first kappa shape index (κ1) is 13.8. The van der Waals surface area contributed by atoms with Crippen molar-refractivity contribution in [1.29, 1.82) is 0 Å². The van der Waals surface area contributed by atoms with Crippen LogP contribution in [-0.4, -0.2) is 15.9 Å². The predicted octanol–water partition coefficient (Wildman–Crippen LogP) is 2.04. The zero-order valence-corrected chi connectivity index (χ0v) is 9.86. The number of pyridine rings is 2. The minimum absolute atomic E-state index is 0.0613. The van der Waals surface area contributed by atoms with Gasteiger partial charge in [0.15, 0.2) is 5.43 Å². The van der Waals surface area contributed by atoms with E-state index in [2.05, 4.69) is 15.3 Å². The first-order valence-corrected chi connectivity index (χ1v) is 5.39. The van der Waals surface area contributed by atoms with Crippen LogP contribution in [0.4, 0.5) is 18.9 Å². The Labute approximate surface area is 110 Å². The molecule has 0 spiro atoms. The third-order valence-electron chi connectivity index (χ3n) is 2.38. The van der Waals surface area contributed by atoms with E-state index in [1.54, 1.807) is 0 Å². The van der Waals surface area contributed by atoms with E-state index in [0.717, 1.165) is 18.3 Å². The molecule has 0 fully saturated rings.